The fourth-order valence-corrected chi connectivity index (χ4v) is 4.12. The van der Waals surface area contributed by atoms with Crippen molar-refractivity contribution in [2.45, 2.75) is 32.0 Å². The van der Waals surface area contributed by atoms with Crippen LogP contribution in [-0.2, 0) is 0 Å². The first kappa shape index (κ1) is 18.2. The summed E-state index contributed by atoms with van der Waals surface area (Å²) in [5.41, 5.74) is 10.1. The van der Waals surface area contributed by atoms with Crippen molar-refractivity contribution in [3.63, 3.8) is 0 Å². The van der Waals surface area contributed by atoms with Gasteiger partial charge in [0.15, 0.2) is 0 Å². The van der Waals surface area contributed by atoms with Crippen molar-refractivity contribution in [2.75, 3.05) is 26.2 Å². The third-order valence-electron chi connectivity index (χ3n) is 5.72. The van der Waals surface area contributed by atoms with Crippen LogP contribution in [-0.4, -0.2) is 48.1 Å². The number of aryl methyl sites for hydroxylation is 1. The molecule has 2 saturated heterocycles. The standard InChI is InChI=1S/C22H28N4O/c1-17-8-5-6-11-19(17)22(27)26-13-7-12-25(14-15-26)21-16-20(23-24-21)18-9-3-2-4-10-18/h2-6,8-11,20-21,23-24H,7,12-16H2,1H3. The van der Waals surface area contributed by atoms with Crippen LogP contribution >= 0.6 is 0 Å². The summed E-state index contributed by atoms with van der Waals surface area (Å²) in [7, 11) is 0. The average Bonchev–Trinajstić information content (AvgIpc) is 3.07. The van der Waals surface area contributed by atoms with E-state index in [1.54, 1.807) is 0 Å². The highest BCUT2D eigenvalue weighted by molar-refractivity contribution is 5.95. The van der Waals surface area contributed by atoms with Gasteiger partial charge >= 0.3 is 0 Å². The molecular weight excluding hydrogens is 336 g/mol. The number of carbonyl (C=O) groups is 1. The van der Waals surface area contributed by atoms with E-state index in [0.29, 0.717) is 12.2 Å². The van der Waals surface area contributed by atoms with Crippen molar-refractivity contribution >= 4 is 5.91 Å². The maximum Gasteiger partial charge on any atom is 0.254 e. The van der Waals surface area contributed by atoms with Crippen LogP contribution in [0.5, 0.6) is 0 Å². The third kappa shape index (κ3) is 4.05. The fraction of sp³-hybridized carbons (Fsp3) is 0.409. The second-order valence-electron chi connectivity index (χ2n) is 7.50. The highest BCUT2D eigenvalue weighted by atomic mass is 16.2. The number of benzene rings is 2. The summed E-state index contributed by atoms with van der Waals surface area (Å²) in [6.07, 6.45) is 2.35. The number of rotatable bonds is 3. The molecule has 142 valence electrons. The first-order valence-corrected chi connectivity index (χ1v) is 9.87. The third-order valence-corrected chi connectivity index (χ3v) is 5.72. The van der Waals surface area contributed by atoms with Gasteiger partial charge in [-0.3, -0.25) is 9.69 Å². The molecule has 4 rings (SSSR count). The lowest BCUT2D eigenvalue weighted by atomic mass is 10.0. The minimum Gasteiger partial charge on any atom is -0.337 e. The van der Waals surface area contributed by atoms with Crippen LogP contribution in [0.4, 0.5) is 0 Å². The summed E-state index contributed by atoms with van der Waals surface area (Å²) >= 11 is 0. The molecule has 2 aromatic carbocycles. The van der Waals surface area contributed by atoms with Crippen LogP contribution in [0.15, 0.2) is 54.6 Å². The maximum absolute atomic E-state index is 12.9. The van der Waals surface area contributed by atoms with E-state index in [-0.39, 0.29) is 5.91 Å². The highest BCUT2D eigenvalue weighted by Crippen LogP contribution is 2.24. The van der Waals surface area contributed by atoms with Crippen molar-refractivity contribution in [1.82, 2.24) is 20.7 Å². The van der Waals surface area contributed by atoms with Gasteiger partial charge in [-0.1, -0.05) is 48.5 Å². The minimum absolute atomic E-state index is 0.162. The van der Waals surface area contributed by atoms with Crippen LogP contribution in [0.2, 0.25) is 0 Å². The normalized spacial score (nSPS) is 24.0. The summed E-state index contributed by atoms with van der Waals surface area (Å²) in [6.45, 7) is 5.53. The maximum atomic E-state index is 12.9. The van der Waals surface area contributed by atoms with Crippen LogP contribution < -0.4 is 10.9 Å². The fourth-order valence-electron chi connectivity index (χ4n) is 4.12. The summed E-state index contributed by atoms with van der Waals surface area (Å²) in [5.74, 6) is 0.162. The summed E-state index contributed by atoms with van der Waals surface area (Å²) < 4.78 is 0. The molecule has 1 amide bonds. The van der Waals surface area contributed by atoms with Gasteiger partial charge < -0.3 is 4.90 Å². The molecule has 2 atom stereocenters. The van der Waals surface area contributed by atoms with Crippen LogP contribution in [0, 0.1) is 6.92 Å². The first-order chi connectivity index (χ1) is 13.2. The molecule has 2 unspecified atom stereocenters. The molecule has 2 fully saturated rings. The summed E-state index contributed by atoms with van der Waals surface area (Å²) in [5, 5.41) is 0. The van der Waals surface area contributed by atoms with E-state index < -0.39 is 0 Å². The Labute approximate surface area is 161 Å². The van der Waals surface area contributed by atoms with Crippen LogP contribution in [0.25, 0.3) is 0 Å². The van der Waals surface area contributed by atoms with Crippen molar-refractivity contribution in [2.24, 2.45) is 0 Å². The molecule has 0 radical (unpaired) electrons. The first-order valence-electron chi connectivity index (χ1n) is 9.87. The molecule has 2 aliphatic rings. The zero-order chi connectivity index (χ0) is 18.6. The van der Waals surface area contributed by atoms with E-state index in [1.165, 1.54) is 5.56 Å². The smallest absolute Gasteiger partial charge is 0.254 e. The van der Waals surface area contributed by atoms with E-state index in [4.69, 9.17) is 0 Å². The molecule has 5 nitrogen and oxygen atoms in total. The second kappa shape index (κ2) is 8.21. The van der Waals surface area contributed by atoms with Gasteiger partial charge in [0.05, 0.1) is 6.17 Å². The largest absolute Gasteiger partial charge is 0.337 e. The number of carbonyl (C=O) groups excluding carboxylic acids is 1. The zero-order valence-corrected chi connectivity index (χ0v) is 15.9. The van der Waals surface area contributed by atoms with E-state index in [9.17, 15) is 4.79 Å². The Bertz CT molecular complexity index is 779. The molecule has 0 aromatic heterocycles. The van der Waals surface area contributed by atoms with Crippen LogP contribution in [0.1, 0.15) is 40.4 Å². The quantitative estimate of drug-likeness (QED) is 0.879. The average molecular weight is 364 g/mol. The molecule has 27 heavy (non-hydrogen) atoms. The molecule has 2 aromatic rings. The predicted octanol–water partition coefficient (Wildman–Crippen LogP) is 2.71. The number of hydrazine groups is 1. The van der Waals surface area contributed by atoms with Gasteiger partial charge in [0.25, 0.3) is 5.91 Å². The lowest BCUT2D eigenvalue weighted by Crippen LogP contribution is -2.46. The Morgan fingerprint density at radius 2 is 1.70 bits per heavy atom. The summed E-state index contributed by atoms with van der Waals surface area (Å²) in [6, 6.07) is 18.8. The van der Waals surface area contributed by atoms with E-state index in [2.05, 4.69) is 46.1 Å². The zero-order valence-electron chi connectivity index (χ0n) is 15.9. The number of amides is 1. The SMILES string of the molecule is Cc1ccccc1C(=O)N1CCCN(C2CC(c3ccccc3)NN2)CC1. The Kier molecular flexibility index (Phi) is 5.53. The molecule has 0 aliphatic carbocycles. The van der Waals surface area contributed by atoms with Crippen molar-refractivity contribution < 1.29 is 4.79 Å². The van der Waals surface area contributed by atoms with E-state index in [0.717, 1.165) is 50.1 Å². The number of hydrogen-bond donors (Lipinski definition) is 2. The molecule has 0 spiro atoms. The minimum atomic E-state index is 0.162. The number of nitrogens with zero attached hydrogens (tertiary/aromatic N) is 2. The molecular formula is C22H28N4O. The Hall–Kier alpha value is -2.21. The Morgan fingerprint density at radius 1 is 0.926 bits per heavy atom. The molecule has 2 aliphatic heterocycles. The van der Waals surface area contributed by atoms with E-state index in [1.807, 2.05) is 36.1 Å². The van der Waals surface area contributed by atoms with Gasteiger partial charge in [-0.2, -0.15) is 0 Å². The lowest BCUT2D eigenvalue weighted by molar-refractivity contribution is 0.0755. The molecule has 0 saturated carbocycles. The van der Waals surface area contributed by atoms with Crippen LogP contribution in [0.3, 0.4) is 0 Å². The predicted molar refractivity (Wildman–Crippen MR) is 107 cm³/mol. The number of hydrogen-bond acceptors (Lipinski definition) is 4. The van der Waals surface area contributed by atoms with Gasteiger partial charge in [0, 0.05) is 37.8 Å². The number of nitrogens with one attached hydrogen (secondary N) is 2. The topological polar surface area (TPSA) is 47.6 Å². The van der Waals surface area contributed by atoms with Gasteiger partial charge in [0.1, 0.15) is 0 Å². The monoisotopic (exact) mass is 364 g/mol. The highest BCUT2D eigenvalue weighted by Gasteiger charge is 2.31. The molecule has 2 N–H and O–H groups in total. The second-order valence-corrected chi connectivity index (χ2v) is 7.50. The molecule has 2 heterocycles. The van der Waals surface area contributed by atoms with Crippen molar-refractivity contribution in [1.29, 1.82) is 0 Å². The van der Waals surface area contributed by atoms with E-state index >= 15 is 0 Å². The van der Waals surface area contributed by atoms with Gasteiger partial charge in [-0.05, 0) is 37.0 Å². The van der Waals surface area contributed by atoms with Gasteiger partial charge in [0.2, 0.25) is 0 Å². The Balaban J connectivity index is 1.36. The Morgan fingerprint density at radius 3 is 2.52 bits per heavy atom. The lowest BCUT2D eigenvalue weighted by Gasteiger charge is -2.27. The van der Waals surface area contributed by atoms with Crippen molar-refractivity contribution in [3.05, 3.63) is 71.3 Å². The summed E-state index contributed by atoms with van der Waals surface area (Å²) in [4.78, 5) is 17.4. The van der Waals surface area contributed by atoms with Gasteiger partial charge in [-0.15, -0.1) is 0 Å². The van der Waals surface area contributed by atoms with Crippen molar-refractivity contribution in [3.8, 4) is 0 Å². The van der Waals surface area contributed by atoms with Gasteiger partial charge in [-0.25, -0.2) is 10.9 Å². The molecule has 0 bridgehead atoms. The molecule has 5 heteroatoms.